The minimum atomic E-state index is -0.332. The fraction of sp³-hybridized carbons (Fsp3) is 0.435. The van der Waals surface area contributed by atoms with Crippen LogP contribution in [0.15, 0.2) is 47.3 Å². The number of hydrogen-bond donors (Lipinski definition) is 4. The third-order valence-electron chi connectivity index (χ3n) is 5.27. The van der Waals surface area contributed by atoms with Crippen molar-refractivity contribution in [2.24, 2.45) is 5.73 Å². The maximum Gasteiger partial charge on any atom is 0.323 e. The van der Waals surface area contributed by atoms with Crippen molar-refractivity contribution < 1.29 is 9.84 Å². The Morgan fingerprint density at radius 3 is 2.40 bits per heavy atom. The van der Waals surface area contributed by atoms with Crippen molar-refractivity contribution in [3.63, 3.8) is 0 Å². The van der Waals surface area contributed by atoms with Crippen LogP contribution in [0.4, 0.5) is 0 Å². The second-order valence-electron chi connectivity index (χ2n) is 7.51. The van der Waals surface area contributed by atoms with Crippen LogP contribution in [0.5, 0.6) is 5.75 Å². The van der Waals surface area contributed by atoms with Crippen molar-refractivity contribution in [2.75, 3.05) is 13.2 Å². The molecule has 0 saturated heterocycles. The molecular weight excluding hydrogens is 402 g/mol. The predicted octanol–water partition coefficient (Wildman–Crippen LogP) is 4.58. The second-order valence-corrected chi connectivity index (χ2v) is 7.51. The van der Waals surface area contributed by atoms with Gasteiger partial charge in [-0.15, -0.1) is 12.4 Å². The van der Waals surface area contributed by atoms with Gasteiger partial charge in [0.25, 0.3) is 0 Å². The molecule has 2 aromatic carbocycles. The number of rotatable bonds is 12. The minimum Gasteiger partial charge on any atom is -0.506 e. The molecule has 5 N–H and O–H groups in total. The number of fused-ring (bicyclic) bond motifs is 1. The predicted molar refractivity (Wildman–Crippen MR) is 123 cm³/mol. The van der Waals surface area contributed by atoms with Gasteiger partial charge in [-0.1, -0.05) is 62.1 Å². The summed E-state index contributed by atoms with van der Waals surface area (Å²) >= 11 is 0. The molecule has 164 valence electrons. The van der Waals surface area contributed by atoms with Crippen molar-refractivity contribution in [3.05, 3.63) is 64.1 Å². The molecule has 3 rings (SSSR count). The number of hydrogen-bond acceptors (Lipinski definition) is 4. The Balaban J connectivity index is 0.00000320. The van der Waals surface area contributed by atoms with Gasteiger partial charge < -0.3 is 25.5 Å². The Labute approximate surface area is 183 Å². The SMILES string of the molecule is Cl.NC(CCCCCCCOCCc1ccccc1)c1ccc(O)c2[nH]c(=O)[nH]c12. The molecule has 6 nitrogen and oxygen atoms in total. The molecule has 0 radical (unpaired) electrons. The number of unbranched alkanes of at least 4 members (excludes halogenated alkanes) is 4. The van der Waals surface area contributed by atoms with E-state index in [-0.39, 0.29) is 29.9 Å². The first kappa shape index (κ1) is 24.0. The van der Waals surface area contributed by atoms with Crippen molar-refractivity contribution >= 4 is 23.4 Å². The highest BCUT2D eigenvalue weighted by molar-refractivity contribution is 5.85. The van der Waals surface area contributed by atoms with E-state index in [2.05, 4.69) is 34.2 Å². The normalized spacial score (nSPS) is 12.0. The van der Waals surface area contributed by atoms with Gasteiger partial charge in [0.05, 0.1) is 12.1 Å². The van der Waals surface area contributed by atoms with E-state index < -0.39 is 0 Å². The first-order chi connectivity index (χ1) is 14.1. The number of nitrogens with two attached hydrogens (primary N) is 1. The molecule has 0 aliphatic rings. The van der Waals surface area contributed by atoms with Crippen LogP contribution in [-0.2, 0) is 11.2 Å². The number of aromatic nitrogens is 2. The molecule has 3 aromatic rings. The molecule has 1 heterocycles. The standard InChI is InChI=1S/C23H31N3O3.ClH/c24-19(18-12-13-20(27)22-21(18)25-23(28)26-22)11-7-2-1-3-8-15-29-16-14-17-9-5-4-6-10-17;/h4-6,9-10,12-13,19,27H,1-3,7-8,11,14-16,24H2,(H2,25,26,28);1H. The van der Waals surface area contributed by atoms with Gasteiger partial charge in [0.1, 0.15) is 11.3 Å². The highest BCUT2D eigenvalue weighted by Gasteiger charge is 2.14. The maximum absolute atomic E-state index is 11.5. The van der Waals surface area contributed by atoms with E-state index in [4.69, 9.17) is 10.5 Å². The molecule has 7 heteroatoms. The van der Waals surface area contributed by atoms with E-state index in [9.17, 15) is 9.90 Å². The lowest BCUT2D eigenvalue weighted by molar-refractivity contribution is 0.133. The average Bonchev–Trinajstić information content (AvgIpc) is 3.12. The number of benzene rings is 2. The largest absolute Gasteiger partial charge is 0.506 e. The van der Waals surface area contributed by atoms with Crippen LogP contribution in [0.1, 0.15) is 55.7 Å². The van der Waals surface area contributed by atoms with Crippen LogP contribution in [0.25, 0.3) is 11.0 Å². The van der Waals surface area contributed by atoms with Crippen molar-refractivity contribution in [1.82, 2.24) is 9.97 Å². The molecule has 1 atom stereocenters. The lowest BCUT2D eigenvalue weighted by Crippen LogP contribution is -2.11. The molecule has 0 bridgehead atoms. The molecule has 30 heavy (non-hydrogen) atoms. The second kappa shape index (κ2) is 12.4. The van der Waals surface area contributed by atoms with Gasteiger partial charge in [-0.25, -0.2) is 4.79 Å². The Hall–Kier alpha value is -2.28. The summed E-state index contributed by atoms with van der Waals surface area (Å²) in [6, 6.07) is 13.6. The van der Waals surface area contributed by atoms with Gasteiger partial charge in [0, 0.05) is 12.6 Å². The molecular formula is C23H32ClN3O3. The van der Waals surface area contributed by atoms with Crippen LogP contribution in [0.2, 0.25) is 0 Å². The average molecular weight is 434 g/mol. The first-order valence-electron chi connectivity index (χ1n) is 10.5. The van der Waals surface area contributed by atoms with Gasteiger partial charge >= 0.3 is 5.69 Å². The smallest absolute Gasteiger partial charge is 0.323 e. The first-order valence-corrected chi connectivity index (χ1v) is 10.5. The van der Waals surface area contributed by atoms with Crippen molar-refractivity contribution in [2.45, 2.75) is 51.0 Å². The van der Waals surface area contributed by atoms with Crippen molar-refractivity contribution in [3.8, 4) is 5.75 Å². The molecule has 1 unspecified atom stereocenters. The zero-order valence-corrected chi connectivity index (χ0v) is 18.0. The fourth-order valence-electron chi connectivity index (χ4n) is 3.63. The third-order valence-corrected chi connectivity index (χ3v) is 5.27. The summed E-state index contributed by atoms with van der Waals surface area (Å²) in [6.07, 6.45) is 7.39. The van der Waals surface area contributed by atoms with Crippen LogP contribution >= 0.6 is 12.4 Å². The number of phenols is 1. The topological polar surface area (TPSA) is 104 Å². The van der Waals surface area contributed by atoms with Gasteiger partial charge in [-0.05, 0) is 36.5 Å². The molecule has 0 aliphatic carbocycles. The molecule has 0 amide bonds. The summed E-state index contributed by atoms with van der Waals surface area (Å²) in [4.78, 5) is 16.9. The monoisotopic (exact) mass is 433 g/mol. The van der Waals surface area contributed by atoms with E-state index in [1.807, 2.05) is 6.07 Å². The van der Waals surface area contributed by atoms with Gasteiger partial charge in [0.15, 0.2) is 0 Å². The van der Waals surface area contributed by atoms with Gasteiger partial charge in [0.2, 0.25) is 0 Å². The van der Waals surface area contributed by atoms with Crippen LogP contribution < -0.4 is 11.4 Å². The summed E-state index contributed by atoms with van der Waals surface area (Å²) in [6.45, 7) is 1.60. The van der Waals surface area contributed by atoms with Gasteiger partial charge in [-0.3, -0.25) is 0 Å². The molecule has 1 aromatic heterocycles. The van der Waals surface area contributed by atoms with E-state index in [1.54, 1.807) is 12.1 Å². The molecule has 0 saturated carbocycles. The Kier molecular flexibility index (Phi) is 9.94. The number of nitrogens with one attached hydrogen (secondary N) is 2. The number of phenolic OH excluding ortho intramolecular Hbond substituents is 1. The lowest BCUT2D eigenvalue weighted by atomic mass is 9.99. The number of H-pyrrole nitrogens is 2. The minimum absolute atomic E-state index is 0. The van der Waals surface area contributed by atoms with Crippen molar-refractivity contribution in [1.29, 1.82) is 0 Å². The van der Waals surface area contributed by atoms with Crippen LogP contribution in [-0.4, -0.2) is 28.3 Å². The van der Waals surface area contributed by atoms with E-state index >= 15 is 0 Å². The highest BCUT2D eigenvalue weighted by atomic mass is 35.5. The number of imidazole rings is 1. The number of ether oxygens (including phenoxy) is 1. The summed E-state index contributed by atoms with van der Waals surface area (Å²) in [5, 5.41) is 9.86. The lowest BCUT2D eigenvalue weighted by Gasteiger charge is -2.13. The number of aromatic amines is 2. The maximum atomic E-state index is 11.5. The third kappa shape index (κ3) is 6.90. The van der Waals surface area contributed by atoms with Crippen LogP contribution in [0.3, 0.4) is 0 Å². The summed E-state index contributed by atoms with van der Waals surface area (Å²) in [7, 11) is 0. The quantitative estimate of drug-likeness (QED) is 0.314. The highest BCUT2D eigenvalue weighted by Crippen LogP contribution is 2.28. The van der Waals surface area contributed by atoms with E-state index in [1.165, 1.54) is 12.0 Å². The number of aromatic hydroxyl groups is 1. The zero-order valence-electron chi connectivity index (χ0n) is 17.2. The summed E-state index contributed by atoms with van der Waals surface area (Å²) in [5.41, 5.74) is 9.21. The molecule has 0 aliphatic heterocycles. The van der Waals surface area contributed by atoms with E-state index in [0.29, 0.717) is 11.0 Å². The Morgan fingerprint density at radius 2 is 1.60 bits per heavy atom. The molecule has 0 fully saturated rings. The number of halogens is 1. The Bertz CT molecular complexity index is 940. The fourth-order valence-corrected chi connectivity index (χ4v) is 3.63. The van der Waals surface area contributed by atoms with Gasteiger partial charge in [-0.2, -0.15) is 0 Å². The summed E-state index contributed by atoms with van der Waals surface area (Å²) < 4.78 is 5.72. The van der Waals surface area contributed by atoms with E-state index in [0.717, 1.165) is 57.3 Å². The zero-order chi connectivity index (χ0) is 20.5. The molecule has 0 spiro atoms. The summed E-state index contributed by atoms with van der Waals surface area (Å²) in [5.74, 6) is 0.0558. The van der Waals surface area contributed by atoms with Crippen LogP contribution in [0, 0.1) is 0 Å². The Morgan fingerprint density at radius 1 is 0.900 bits per heavy atom.